The summed E-state index contributed by atoms with van der Waals surface area (Å²) in [5.41, 5.74) is 8.76. The molecule has 7 nitrogen and oxygen atoms in total. The Labute approximate surface area is 169 Å². The number of amides is 1. The summed E-state index contributed by atoms with van der Waals surface area (Å²) in [4.78, 5) is 23.3. The van der Waals surface area contributed by atoms with E-state index in [0.717, 1.165) is 22.7 Å². The van der Waals surface area contributed by atoms with E-state index in [-0.39, 0.29) is 12.0 Å². The van der Waals surface area contributed by atoms with Gasteiger partial charge in [-0.2, -0.15) is 0 Å². The van der Waals surface area contributed by atoms with Crippen molar-refractivity contribution in [3.63, 3.8) is 0 Å². The van der Waals surface area contributed by atoms with Crippen LogP contribution in [0.5, 0.6) is 5.75 Å². The normalized spacial score (nSPS) is 16.4. The summed E-state index contributed by atoms with van der Waals surface area (Å²) < 4.78 is 11.1. The van der Waals surface area contributed by atoms with Gasteiger partial charge >= 0.3 is 0 Å². The Kier molecular flexibility index (Phi) is 5.39. The standard InChI is InChI=1S/C22H22N4O3/c1-28-17-8-5-15(6-9-17)18-3-2-4-19(25-18)20-14-26(11-12-29-20)22(27)16-7-10-21(23)24-13-16/h2-10,13,20H,11-12,14H2,1H3,(H2,23,24)/t20-/m0/s1. The lowest BCUT2D eigenvalue weighted by molar-refractivity contribution is -0.0246. The fourth-order valence-electron chi connectivity index (χ4n) is 3.28. The van der Waals surface area contributed by atoms with E-state index in [1.807, 2.05) is 42.5 Å². The van der Waals surface area contributed by atoms with Crippen molar-refractivity contribution in [2.45, 2.75) is 6.10 Å². The lowest BCUT2D eigenvalue weighted by Gasteiger charge is -2.32. The highest BCUT2D eigenvalue weighted by Gasteiger charge is 2.27. The summed E-state index contributed by atoms with van der Waals surface area (Å²) in [5, 5.41) is 0. The van der Waals surface area contributed by atoms with Gasteiger partial charge in [-0.05, 0) is 48.5 Å². The zero-order chi connectivity index (χ0) is 20.2. The minimum absolute atomic E-state index is 0.0860. The maximum atomic E-state index is 12.8. The molecule has 2 N–H and O–H groups in total. The smallest absolute Gasteiger partial charge is 0.255 e. The number of carbonyl (C=O) groups is 1. The maximum Gasteiger partial charge on any atom is 0.255 e. The second kappa shape index (κ2) is 8.28. The molecular formula is C22H22N4O3. The van der Waals surface area contributed by atoms with Crippen molar-refractivity contribution in [3.05, 3.63) is 72.1 Å². The van der Waals surface area contributed by atoms with Gasteiger partial charge in [-0.15, -0.1) is 0 Å². The van der Waals surface area contributed by atoms with Gasteiger partial charge in [-0.3, -0.25) is 4.79 Å². The highest BCUT2D eigenvalue weighted by atomic mass is 16.5. The van der Waals surface area contributed by atoms with E-state index in [2.05, 4.69) is 4.98 Å². The largest absolute Gasteiger partial charge is 0.497 e. The number of carbonyl (C=O) groups excluding carboxylic acids is 1. The van der Waals surface area contributed by atoms with Crippen LogP contribution in [0.3, 0.4) is 0 Å². The van der Waals surface area contributed by atoms with E-state index in [0.29, 0.717) is 31.1 Å². The summed E-state index contributed by atoms with van der Waals surface area (Å²) in [5.74, 6) is 1.10. The zero-order valence-electron chi connectivity index (χ0n) is 16.1. The number of nitrogen functional groups attached to an aromatic ring is 1. The number of anilines is 1. The molecule has 0 spiro atoms. The molecule has 0 bridgehead atoms. The molecule has 1 saturated heterocycles. The molecule has 4 rings (SSSR count). The molecule has 1 fully saturated rings. The molecule has 1 amide bonds. The highest BCUT2D eigenvalue weighted by Crippen LogP contribution is 2.26. The van der Waals surface area contributed by atoms with Gasteiger partial charge in [0, 0.05) is 18.3 Å². The first-order chi connectivity index (χ1) is 14.1. The first-order valence-electron chi connectivity index (χ1n) is 9.38. The van der Waals surface area contributed by atoms with Gasteiger partial charge in [0.1, 0.15) is 17.7 Å². The fourth-order valence-corrected chi connectivity index (χ4v) is 3.28. The van der Waals surface area contributed by atoms with Crippen LogP contribution in [-0.2, 0) is 4.74 Å². The average molecular weight is 390 g/mol. The van der Waals surface area contributed by atoms with E-state index in [9.17, 15) is 4.79 Å². The topological polar surface area (TPSA) is 90.6 Å². The Morgan fingerprint density at radius 3 is 2.72 bits per heavy atom. The Bertz CT molecular complexity index is 990. The molecule has 3 heterocycles. The molecule has 148 valence electrons. The number of morpholine rings is 1. The van der Waals surface area contributed by atoms with Crippen LogP contribution in [-0.4, -0.2) is 47.6 Å². The van der Waals surface area contributed by atoms with E-state index in [1.165, 1.54) is 6.20 Å². The molecule has 1 aliphatic rings. The number of nitrogens with two attached hydrogens (primary N) is 1. The van der Waals surface area contributed by atoms with Gasteiger partial charge in [0.15, 0.2) is 0 Å². The van der Waals surface area contributed by atoms with E-state index >= 15 is 0 Å². The predicted molar refractivity (Wildman–Crippen MR) is 109 cm³/mol. The quantitative estimate of drug-likeness (QED) is 0.737. The van der Waals surface area contributed by atoms with Crippen LogP contribution in [0.15, 0.2) is 60.8 Å². The lowest BCUT2D eigenvalue weighted by atomic mass is 10.1. The van der Waals surface area contributed by atoms with Crippen LogP contribution in [0.1, 0.15) is 22.2 Å². The third kappa shape index (κ3) is 4.20. The molecule has 0 saturated carbocycles. The summed E-state index contributed by atoms with van der Waals surface area (Å²) in [6.45, 7) is 1.41. The number of hydrogen-bond donors (Lipinski definition) is 1. The third-order valence-corrected chi connectivity index (χ3v) is 4.87. The zero-order valence-corrected chi connectivity index (χ0v) is 16.1. The van der Waals surface area contributed by atoms with Crippen LogP contribution in [0.2, 0.25) is 0 Å². The van der Waals surface area contributed by atoms with Crippen LogP contribution >= 0.6 is 0 Å². The molecule has 0 unspecified atom stereocenters. The SMILES string of the molecule is COc1ccc(-c2cccc([C@@H]3CN(C(=O)c4ccc(N)nc4)CCO3)n2)cc1. The van der Waals surface area contributed by atoms with Gasteiger partial charge in [0.25, 0.3) is 5.91 Å². The average Bonchev–Trinajstić information content (AvgIpc) is 2.79. The van der Waals surface area contributed by atoms with Gasteiger partial charge in [-0.25, -0.2) is 9.97 Å². The second-order valence-electron chi connectivity index (χ2n) is 6.76. The minimum atomic E-state index is -0.285. The first-order valence-corrected chi connectivity index (χ1v) is 9.38. The monoisotopic (exact) mass is 390 g/mol. The number of methoxy groups -OCH3 is 1. The molecule has 3 aromatic rings. The molecular weight excluding hydrogens is 368 g/mol. The van der Waals surface area contributed by atoms with Gasteiger partial charge in [0.05, 0.1) is 37.2 Å². The van der Waals surface area contributed by atoms with E-state index < -0.39 is 0 Å². The fraction of sp³-hybridized carbons (Fsp3) is 0.227. The number of ether oxygens (including phenoxy) is 2. The summed E-state index contributed by atoms with van der Waals surface area (Å²) in [6, 6.07) is 16.9. The molecule has 1 aliphatic heterocycles. The van der Waals surface area contributed by atoms with Crippen molar-refractivity contribution in [1.82, 2.24) is 14.9 Å². The maximum absolute atomic E-state index is 12.8. The summed E-state index contributed by atoms with van der Waals surface area (Å²) in [7, 11) is 1.64. The molecule has 1 atom stereocenters. The number of rotatable bonds is 4. The lowest BCUT2D eigenvalue weighted by Crippen LogP contribution is -2.42. The first kappa shape index (κ1) is 18.9. The van der Waals surface area contributed by atoms with Crippen LogP contribution in [0.4, 0.5) is 5.82 Å². The van der Waals surface area contributed by atoms with Crippen molar-refractivity contribution in [1.29, 1.82) is 0 Å². The Morgan fingerprint density at radius 1 is 1.17 bits per heavy atom. The molecule has 0 aliphatic carbocycles. The van der Waals surface area contributed by atoms with Gasteiger partial charge < -0.3 is 20.1 Å². The predicted octanol–water partition coefficient (Wildman–Crippen LogP) is 2.95. The minimum Gasteiger partial charge on any atom is -0.497 e. The summed E-state index contributed by atoms with van der Waals surface area (Å²) >= 11 is 0. The van der Waals surface area contributed by atoms with Crippen LogP contribution in [0.25, 0.3) is 11.3 Å². The number of nitrogens with zero attached hydrogens (tertiary/aromatic N) is 3. The van der Waals surface area contributed by atoms with Gasteiger partial charge in [0.2, 0.25) is 0 Å². The van der Waals surface area contributed by atoms with Crippen molar-refractivity contribution in [3.8, 4) is 17.0 Å². The van der Waals surface area contributed by atoms with E-state index in [1.54, 1.807) is 24.1 Å². The molecule has 2 aromatic heterocycles. The number of benzene rings is 1. The molecule has 0 radical (unpaired) electrons. The molecule has 7 heteroatoms. The summed E-state index contributed by atoms with van der Waals surface area (Å²) in [6.07, 6.45) is 1.22. The number of hydrogen-bond acceptors (Lipinski definition) is 6. The second-order valence-corrected chi connectivity index (χ2v) is 6.76. The van der Waals surface area contributed by atoms with Crippen LogP contribution < -0.4 is 10.5 Å². The number of aromatic nitrogens is 2. The highest BCUT2D eigenvalue weighted by molar-refractivity contribution is 5.94. The van der Waals surface area contributed by atoms with Crippen molar-refractivity contribution < 1.29 is 14.3 Å². The molecule has 1 aromatic carbocycles. The van der Waals surface area contributed by atoms with Gasteiger partial charge in [-0.1, -0.05) is 6.07 Å². The molecule has 29 heavy (non-hydrogen) atoms. The Hall–Kier alpha value is -3.45. The van der Waals surface area contributed by atoms with Crippen molar-refractivity contribution in [2.75, 3.05) is 32.5 Å². The van der Waals surface area contributed by atoms with E-state index in [4.69, 9.17) is 20.2 Å². The Morgan fingerprint density at radius 2 is 2.00 bits per heavy atom. The van der Waals surface area contributed by atoms with Crippen molar-refractivity contribution in [2.24, 2.45) is 0 Å². The van der Waals surface area contributed by atoms with Crippen LogP contribution in [0, 0.1) is 0 Å². The Balaban J connectivity index is 1.52. The third-order valence-electron chi connectivity index (χ3n) is 4.87. The number of pyridine rings is 2. The van der Waals surface area contributed by atoms with Crippen molar-refractivity contribution >= 4 is 11.7 Å².